The van der Waals surface area contributed by atoms with Crippen LogP contribution in [-0.4, -0.2) is 63.8 Å². The molecule has 1 amide bonds. The third-order valence-corrected chi connectivity index (χ3v) is 3.70. The lowest BCUT2D eigenvalue weighted by atomic mass is 10.1. The van der Waals surface area contributed by atoms with Crippen LogP contribution in [0.3, 0.4) is 0 Å². The number of hydrogen-bond donors (Lipinski definition) is 0. The van der Waals surface area contributed by atoms with E-state index >= 15 is 0 Å². The third-order valence-electron chi connectivity index (χ3n) is 3.70. The maximum absolute atomic E-state index is 11.9. The highest BCUT2D eigenvalue weighted by Crippen LogP contribution is 2.16. The maximum atomic E-state index is 11.9. The highest BCUT2D eigenvalue weighted by atomic mass is 16.5. The van der Waals surface area contributed by atoms with E-state index in [1.807, 2.05) is 0 Å². The Balaban J connectivity index is 1.52. The van der Waals surface area contributed by atoms with Gasteiger partial charge < -0.3 is 18.9 Å². The molecule has 1 fully saturated rings. The van der Waals surface area contributed by atoms with Gasteiger partial charge in [-0.05, 0) is 12.8 Å². The van der Waals surface area contributed by atoms with Crippen molar-refractivity contribution in [1.82, 2.24) is 25.0 Å². The third kappa shape index (κ3) is 4.12. The van der Waals surface area contributed by atoms with Crippen molar-refractivity contribution in [2.75, 3.05) is 26.8 Å². The number of piperidine rings is 1. The summed E-state index contributed by atoms with van der Waals surface area (Å²) in [5.41, 5.74) is 0.543. The lowest BCUT2D eigenvalue weighted by Crippen LogP contribution is -2.44. The SMILES string of the molecule is COCC(=O)N1CCCC(OCc2nc(-c3cnccn3)no2)C1. The van der Waals surface area contributed by atoms with Crippen LogP contribution < -0.4 is 0 Å². The minimum Gasteiger partial charge on any atom is -0.375 e. The summed E-state index contributed by atoms with van der Waals surface area (Å²) in [7, 11) is 1.51. The van der Waals surface area contributed by atoms with E-state index in [9.17, 15) is 4.79 Å². The van der Waals surface area contributed by atoms with Crippen molar-refractivity contribution in [2.45, 2.75) is 25.6 Å². The Morgan fingerprint density at radius 3 is 3.17 bits per heavy atom. The van der Waals surface area contributed by atoms with E-state index in [2.05, 4.69) is 20.1 Å². The fourth-order valence-electron chi connectivity index (χ4n) is 2.54. The molecule has 0 N–H and O–H groups in total. The molecule has 9 nitrogen and oxygen atoms in total. The molecule has 3 rings (SSSR count). The van der Waals surface area contributed by atoms with Crippen molar-refractivity contribution in [3.63, 3.8) is 0 Å². The Bertz CT molecular complexity index is 663. The van der Waals surface area contributed by atoms with E-state index in [1.54, 1.807) is 23.5 Å². The standard InChI is InChI=1S/C15H19N5O4/c1-22-10-14(21)20-6-2-3-11(8-20)23-9-13-18-15(19-24-13)12-7-16-4-5-17-12/h4-5,7,11H,2-3,6,8-10H2,1H3. The first-order chi connectivity index (χ1) is 11.8. The highest BCUT2D eigenvalue weighted by Gasteiger charge is 2.24. The van der Waals surface area contributed by atoms with Gasteiger partial charge in [0.1, 0.15) is 18.9 Å². The monoisotopic (exact) mass is 333 g/mol. The minimum absolute atomic E-state index is 0.0199. The number of nitrogens with zero attached hydrogens (tertiary/aromatic N) is 5. The van der Waals surface area contributed by atoms with Crippen molar-refractivity contribution in [2.24, 2.45) is 0 Å². The van der Waals surface area contributed by atoms with Gasteiger partial charge in [0.25, 0.3) is 5.89 Å². The summed E-state index contributed by atoms with van der Waals surface area (Å²) in [6.07, 6.45) is 6.45. The van der Waals surface area contributed by atoms with Crippen LogP contribution in [-0.2, 0) is 20.9 Å². The Labute approximate surface area is 139 Å². The van der Waals surface area contributed by atoms with Crippen molar-refractivity contribution in [3.8, 4) is 11.5 Å². The zero-order valence-corrected chi connectivity index (χ0v) is 13.4. The molecule has 9 heteroatoms. The summed E-state index contributed by atoms with van der Waals surface area (Å²) in [6, 6.07) is 0. The van der Waals surface area contributed by atoms with E-state index in [0.717, 1.165) is 19.4 Å². The number of aromatic nitrogens is 4. The van der Waals surface area contributed by atoms with Crippen LogP contribution in [0.4, 0.5) is 0 Å². The zero-order chi connectivity index (χ0) is 16.8. The van der Waals surface area contributed by atoms with Gasteiger partial charge in [0.15, 0.2) is 0 Å². The lowest BCUT2D eigenvalue weighted by Gasteiger charge is -2.32. The van der Waals surface area contributed by atoms with Crippen molar-refractivity contribution < 1.29 is 18.8 Å². The summed E-state index contributed by atoms with van der Waals surface area (Å²) in [4.78, 5) is 26.0. The molecule has 1 saturated heterocycles. The molecule has 1 aliphatic heterocycles. The predicted molar refractivity (Wildman–Crippen MR) is 81.6 cm³/mol. The number of carbonyl (C=O) groups is 1. The van der Waals surface area contributed by atoms with Gasteiger partial charge in [-0.3, -0.25) is 9.78 Å². The van der Waals surface area contributed by atoms with Gasteiger partial charge in [0.05, 0.1) is 12.3 Å². The molecule has 2 aromatic heterocycles. The van der Waals surface area contributed by atoms with Crippen LogP contribution in [0.1, 0.15) is 18.7 Å². The lowest BCUT2D eigenvalue weighted by molar-refractivity contribution is -0.139. The normalized spacial score (nSPS) is 17.9. The molecular weight excluding hydrogens is 314 g/mol. The van der Waals surface area contributed by atoms with Gasteiger partial charge in [-0.15, -0.1) is 0 Å². The second kappa shape index (κ2) is 7.93. The number of rotatable bonds is 6. The number of likely N-dealkylation sites (tertiary alicyclic amines) is 1. The Kier molecular flexibility index (Phi) is 5.44. The molecule has 3 heterocycles. The molecule has 0 saturated carbocycles. The minimum atomic E-state index is -0.0496. The highest BCUT2D eigenvalue weighted by molar-refractivity contribution is 5.77. The van der Waals surface area contributed by atoms with Crippen molar-refractivity contribution >= 4 is 5.91 Å². The molecule has 0 bridgehead atoms. The fraction of sp³-hybridized carbons (Fsp3) is 0.533. The van der Waals surface area contributed by atoms with Gasteiger partial charge in [-0.1, -0.05) is 5.16 Å². The smallest absolute Gasteiger partial charge is 0.253 e. The van der Waals surface area contributed by atoms with E-state index in [-0.39, 0.29) is 25.2 Å². The first kappa shape index (κ1) is 16.5. The molecule has 0 aromatic carbocycles. The first-order valence-electron chi connectivity index (χ1n) is 7.73. The van der Waals surface area contributed by atoms with Gasteiger partial charge >= 0.3 is 0 Å². The molecule has 1 aliphatic rings. The second-order valence-electron chi connectivity index (χ2n) is 5.45. The van der Waals surface area contributed by atoms with Crippen molar-refractivity contribution in [3.05, 3.63) is 24.5 Å². The van der Waals surface area contributed by atoms with E-state index in [0.29, 0.717) is 24.0 Å². The summed E-state index contributed by atoms with van der Waals surface area (Å²) < 4.78 is 15.9. The average molecular weight is 333 g/mol. The van der Waals surface area contributed by atoms with Crippen LogP contribution in [0.25, 0.3) is 11.5 Å². The molecule has 1 atom stereocenters. The molecular formula is C15H19N5O4. The number of methoxy groups -OCH3 is 1. The first-order valence-corrected chi connectivity index (χ1v) is 7.73. The summed E-state index contributed by atoms with van der Waals surface area (Å²) in [5.74, 6) is 0.728. The Hall–Kier alpha value is -2.39. The molecule has 24 heavy (non-hydrogen) atoms. The molecule has 1 unspecified atom stereocenters. The zero-order valence-electron chi connectivity index (χ0n) is 13.4. The summed E-state index contributed by atoms with van der Waals surface area (Å²) in [5, 5.41) is 3.87. The van der Waals surface area contributed by atoms with Crippen molar-refractivity contribution in [1.29, 1.82) is 0 Å². The van der Waals surface area contributed by atoms with E-state index < -0.39 is 0 Å². The topological polar surface area (TPSA) is 103 Å². The van der Waals surface area contributed by atoms with Crippen LogP contribution >= 0.6 is 0 Å². The van der Waals surface area contributed by atoms with E-state index in [1.165, 1.54) is 7.11 Å². The summed E-state index contributed by atoms with van der Waals surface area (Å²) in [6.45, 7) is 1.58. The molecule has 0 radical (unpaired) electrons. The largest absolute Gasteiger partial charge is 0.375 e. The average Bonchev–Trinajstić information content (AvgIpc) is 3.10. The predicted octanol–water partition coefficient (Wildman–Crippen LogP) is 0.681. The van der Waals surface area contributed by atoms with Gasteiger partial charge in [-0.25, -0.2) is 4.98 Å². The Morgan fingerprint density at radius 2 is 2.38 bits per heavy atom. The second-order valence-corrected chi connectivity index (χ2v) is 5.45. The fourth-order valence-corrected chi connectivity index (χ4v) is 2.54. The summed E-state index contributed by atoms with van der Waals surface area (Å²) >= 11 is 0. The molecule has 0 aliphatic carbocycles. The van der Waals surface area contributed by atoms with Crippen LogP contribution in [0.2, 0.25) is 0 Å². The maximum Gasteiger partial charge on any atom is 0.253 e. The van der Waals surface area contributed by atoms with Gasteiger partial charge in [0, 0.05) is 32.6 Å². The number of hydrogen-bond acceptors (Lipinski definition) is 8. The van der Waals surface area contributed by atoms with Crippen LogP contribution in [0, 0.1) is 0 Å². The molecule has 2 aromatic rings. The quantitative estimate of drug-likeness (QED) is 0.760. The molecule has 128 valence electrons. The number of carbonyl (C=O) groups excluding carboxylic acids is 1. The number of amides is 1. The van der Waals surface area contributed by atoms with Gasteiger partial charge in [-0.2, -0.15) is 4.98 Å². The Morgan fingerprint density at radius 1 is 1.46 bits per heavy atom. The van der Waals surface area contributed by atoms with Gasteiger partial charge in [0.2, 0.25) is 11.7 Å². The van der Waals surface area contributed by atoms with Crippen LogP contribution in [0.5, 0.6) is 0 Å². The van der Waals surface area contributed by atoms with E-state index in [4.69, 9.17) is 14.0 Å². The number of ether oxygens (including phenoxy) is 2. The molecule has 0 spiro atoms. The van der Waals surface area contributed by atoms with Crippen LogP contribution in [0.15, 0.2) is 23.1 Å².